The largest absolute Gasteiger partial charge is 0.480 e. The predicted octanol–water partition coefficient (Wildman–Crippen LogP) is -1.20. The van der Waals surface area contributed by atoms with E-state index in [-0.39, 0.29) is 18.5 Å². The standard InChI is InChI=1S/C14H25N5O7/c1-9(20)11(12(21)22)16-13(23)15-8-10-17-18-14(26-10)19(4-6-24-2)5-7-25-3/h9,11,20H,4-8H2,1-3H3,(H,21,22)(H2,15,16,23). The number of carboxylic acid groups (broad SMARTS) is 1. The number of urea groups is 1. The molecule has 148 valence electrons. The second kappa shape index (κ2) is 11.2. The minimum absolute atomic E-state index is 0.104. The van der Waals surface area contributed by atoms with Gasteiger partial charge in [0.1, 0.15) is 0 Å². The highest BCUT2D eigenvalue weighted by Crippen LogP contribution is 2.11. The van der Waals surface area contributed by atoms with Crippen LogP contribution in [0.15, 0.2) is 4.42 Å². The predicted molar refractivity (Wildman–Crippen MR) is 88.7 cm³/mol. The maximum atomic E-state index is 11.7. The number of rotatable bonds is 12. The van der Waals surface area contributed by atoms with Gasteiger partial charge in [-0.3, -0.25) is 0 Å². The van der Waals surface area contributed by atoms with E-state index in [0.717, 1.165) is 0 Å². The third kappa shape index (κ3) is 7.21. The molecule has 12 heteroatoms. The van der Waals surface area contributed by atoms with Gasteiger partial charge in [-0.25, -0.2) is 9.59 Å². The van der Waals surface area contributed by atoms with Gasteiger partial charge in [-0.15, -0.1) is 5.10 Å². The lowest BCUT2D eigenvalue weighted by atomic mass is 10.2. The number of aromatic nitrogens is 2. The number of anilines is 1. The summed E-state index contributed by atoms with van der Waals surface area (Å²) < 4.78 is 15.5. The van der Waals surface area contributed by atoms with E-state index in [1.165, 1.54) is 6.92 Å². The van der Waals surface area contributed by atoms with Gasteiger partial charge in [-0.05, 0) is 6.92 Å². The topological polar surface area (TPSA) is 159 Å². The van der Waals surface area contributed by atoms with E-state index < -0.39 is 24.1 Å². The number of ether oxygens (including phenoxy) is 2. The van der Waals surface area contributed by atoms with E-state index in [1.807, 2.05) is 0 Å². The van der Waals surface area contributed by atoms with E-state index in [0.29, 0.717) is 26.3 Å². The fourth-order valence-electron chi connectivity index (χ4n) is 1.89. The third-order valence-corrected chi connectivity index (χ3v) is 3.29. The van der Waals surface area contributed by atoms with E-state index in [9.17, 15) is 14.7 Å². The lowest BCUT2D eigenvalue weighted by Gasteiger charge is -2.19. The zero-order valence-corrected chi connectivity index (χ0v) is 15.0. The highest BCUT2D eigenvalue weighted by Gasteiger charge is 2.25. The highest BCUT2D eigenvalue weighted by molar-refractivity contribution is 5.82. The van der Waals surface area contributed by atoms with Crippen LogP contribution in [0, 0.1) is 0 Å². The van der Waals surface area contributed by atoms with Crippen LogP contribution in [0.3, 0.4) is 0 Å². The molecule has 2 atom stereocenters. The monoisotopic (exact) mass is 375 g/mol. The Hall–Kier alpha value is -2.44. The van der Waals surface area contributed by atoms with Crippen molar-refractivity contribution in [1.29, 1.82) is 0 Å². The third-order valence-electron chi connectivity index (χ3n) is 3.29. The van der Waals surface area contributed by atoms with Crippen LogP contribution in [0.25, 0.3) is 0 Å². The van der Waals surface area contributed by atoms with Gasteiger partial charge >= 0.3 is 18.0 Å². The number of hydrogen-bond acceptors (Lipinski definition) is 9. The Morgan fingerprint density at radius 3 is 2.35 bits per heavy atom. The van der Waals surface area contributed by atoms with Crippen LogP contribution in [0.2, 0.25) is 0 Å². The number of amides is 2. The lowest BCUT2D eigenvalue weighted by molar-refractivity contribution is -0.141. The van der Waals surface area contributed by atoms with Crippen LogP contribution in [-0.4, -0.2) is 85.1 Å². The fourth-order valence-corrected chi connectivity index (χ4v) is 1.89. The molecule has 1 aromatic rings. The summed E-state index contributed by atoms with van der Waals surface area (Å²) in [6, 6.07) is -1.95. The Kier molecular flexibility index (Phi) is 9.33. The minimum Gasteiger partial charge on any atom is -0.480 e. The van der Waals surface area contributed by atoms with Gasteiger partial charge < -0.3 is 39.6 Å². The maximum absolute atomic E-state index is 11.7. The molecule has 26 heavy (non-hydrogen) atoms. The lowest BCUT2D eigenvalue weighted by Crippen LogP contribution is -2.51. The van der Waals surface area contributed by atoms with Gasteiger partial charge in [0.05, 0.1) is 25.9 Å². The molecule has 0 fully saturated rings. The van der Waals surface area contributed by atoms with E-state index in [2.05, 4.69) is 20.8 Å². The summed E-state index contributed by atoms with van der Waals surface area (Å²) in [4.78, 5) is 24.4. The Balaban J connectivity index is 2.58. The van der Waals surface area contributed by atoms with E-state index in [4.69, 9.17) is 19.0 Å². The first kappa shape index (κ1) is 21.6. The summed E-state index contributed by atoms with van der Waals surface area (Å²) in [6.45, 7) is 3.11. The number of aliphatic hydroxyl groups is 1. The summed E-state index contributed by atoms with van der Waals surface area (Å²) in [5.74, 6) is -1.21. The first-order valence-electron chi connectivity index (χ1n) is 7.89. The van der Waals surface area contributed by atoms with Crippen LogP contribution >= 0.6 is 0 Å². The number of nitrogens with zero attached hydrogens (tertiary/aromatic N) is 3. The first-order chi connectivity index (χ1) is 12.4. The van der Waals surface area contributed by atoms with Crippen LogP contribution in [0.4, 0.5) is 10.8 Å². The number of carbonyl (C=O) groups excluding carboxylic acids is 1. The molecule has 12 nitrogen and oxygen atoms in total. The molecule has 0 aromatic carbocycles. The Morgan fingerprint density at radius 1 is 1.23 bits per heavy atom. The van der Waals surface area contributed by atoms with Crippen molar-refractivity contribution in [1.82, 2.24) is 20.8 Å². The number of aliphatic carboxylic acids is 1. The molecule has 0 saturated carbocycles. The van der Waals surface area contributed by atoms with Crippen LogP contribution in [0.1, 0.15) is 12.8 Å². The van der Waals surface area contributed by atoms with Gasteiger partial charge in [0.25, 0.3) is 0 Å². The molecule has 0 aliphatic heterocycles. The Morgan fingerprint density at radius 2 is 1.85 bits per heavy atom. The molecule has 2 amide bonds. The van der Waals surface area contributed by atoms with Gasteiger partial charge in [0.2, 0.25) is 5.89 Å². The van der Waals surface area contributed by atoms with Crippen LogP contribution in [0.5, 0.6) is 0 Å². The molecule has 4 N–H and O–H groups in total. The van der Waals surface area contributed by atoms with E-state index in [1.54, 1.807) is 19.1 Å². The van der Waals surface area contributed by atoms with Crippen LogP contribution in [-0.2, 0) is 20.8 Å². The number of methoxy groups -OCH3 is 2. The van der Waals surface area contributed by atoms with Gasteiger partial charge in [0.15, 0.2) is 6.04 Å². The first-order valence-corrected chi connectivity index (χ1v) is 7.89. The maximum Gasteiger partial charge on any atom is 0.328 e. The van der Waals surface area contributed by atoms with Crippen molar-refractivity contribution in [3.05, 3.63) is 5.89 Å². The molecule has 0 aliphatic rings. The van der Waals surface area contributed by atoms with Crippen molar-refractivity contribution in [3.63, 3.8) is 0 Å². The molecule has 2 unspecified atom stereocenters. The average molecular weight is 375 g/mol. The van der Waals surface area contributed by atoms with Crippen molar-refractivity contribution < 1.29 is 33.7 Å². The van der Waals surface area contributed by atoms with Crippen molar-refractivity contribution in [2.45, 2.75) is 25.6 Å². The molecule has 1 rings (SSSR count). The second-order valence-corrected chi connectivity index (χ2v) is 5.33. The molecule has 1 heterocycles. The number of carboxylic acids is 1. The smallest absolute Gasteiger partial charge is 0.328 e. The molecule has 1 aromatic heterocycles. The normalized spacial score (nSPS) is 13.1. The number of aliphatic hydroxyl groups excluding tert-OH is 1. The summed E-state index contributed by atoms with van der Waals surface area (Å²) in [7, 11) is 3.15. The molecular weight excluding hydrogens is 350 g/mol. The summed E-state index contributed by atoms with van der Waals surface area (Å²) in [5.41, 5.74) is 0. The zero-order valence-electron chi connectivity index (χ0n) is 15.0. The summed E-state index contributed by atoms with van der Waals surface area (Å²) in [6.07, 6.45) is -1.25. The number of carbonyl (C=O) groups is 2. The summed E-state index contributed by atoms with van der Waals surface area (Å²) in [5, 5.41) is 30.5. The molecule has 0 radical (unpaired) electrons. The van der Waals surface area contributed by atoms with Crippen molar-refractivity contribution in [2.75, 3.05) is 45.4 Å². The molecule has 0 bridgehead atoms. The fraction of sp³-hybridized carbons (Fsp3) is 0.714. The molecule has 0 saturated heterocycles. The number of nitrogens with one attached hydrogen (secondary N) is 2. The van der Waals surface area contributed by atoms with Crippen molar-refractivity contribution in [3.8, 4) is 0 Å². The minimum atomic E-state index is -1.42. The SMILES string of the molecule is COCCN(CCOC)c1nnc(CNC(=O)NC(C(=O)O)C(C)O)o1. The Labute approximate surface area is 150 Å². The highest BCUT2D eigenvalue weighted by atomic mass is 16.5. The van der Waals surface area contributed by atoms with Gasteiger partial charge in [0, 0.05) is 27.3 Å². The zero-order chi connectivity index (χ0) is 19.5. The van der Waals surface area contributed by atoms with Gasteiger partial charge in [-0.2, -0.15) is 0 Å². The van der Waals surface area contributed by atoms with Crippen LogP contribution < -0.4 is 15.5 Å². The van der Waals surface area contributed by atoms with Crippen molar-refractivity contribution >= 4 is 18.0 Å². The van der Waals surface area contributed by atoms with Crippen molar-refractivity contribution in [2.24, 2.45) is 0 Å². The number of hydrogen-bond donors (Lipinski definition) is 4. The summed E-state index contributed by atoms with van der Waals surface area (Å²) >= 11 is 0. The Bertz CT molecular complexity index is 558. The average Bonchev–Trinajstić information content (AvgIpc) is 3.06. The molecular formula is C14H25N5O7. The molecule has 0 spiro atoms. The molecule has 0 aliphatic carbocycles. The second-order valence-electron chi connectivity index (χ2n) is 5.33. The van der Waals surface area contributed by atoms with Gasteiger partial charge in [-0.1, -0.05) is 5.10 Å². The quantitative estimate of drug-likeness (QED) is 0.349. The van der Waals surface area contributed by atoms with E-state index >= 15 is 0 Å².